The molecule has 0 saturated carbocycles. The van der Waals surface area contributed by atoms with Crippen molar-refractivity contribution in [3.63, 3.8) is 0 Å². The van der Waals surface area contributed by atoms with Gasteiger partial charge in [-0.25, -0.2) is 13.4 Å². The molecule has 0 saturated heterocycles. The molecule has 7 nitrogen and oxygen atoms in total. The van der Waals surface area contributed by atoms with Gasteiger partial charge in [0.15, 0.2) is 5.76 Å². The molecule has 3 aromatic rings. The molecule has 1 aromatic heterocycles. The molecule has 0 atom stereocenters. The molecule has 8 heteroatoms. The summed E-state index contributed by atoms with van der Waals surface area (Å²) in [5.41, 5.74) is 1.57. The lowest BCUT2D eigenvalue weighted by molar-refractivity contribution is 0.100. The monoisotopic (exact) mass is 422 g/mol. The Labute approximate surface area is 173 Å². The zero-order valence-electron chi connectivity index (χ0n) is 16.2. The Balaban J connectivity index is 1.84. The number of fused-ring (bicyclic) bond motifs is 1. The Morgan fingerprint density at radius 3 is 2.50 bits per heavy atom. The minimum Gasteiger partial charge on any atom is -0.505 e. The van der Waals surface area contributed by atoms with E-state index in [2.05, 4.69) is 4.98 Å². The Hall–Kier alpha value is -3.65. The summed E-state index contributed by atoms with van der Waals surface area (Å²) in [7, 11) is -1.17. The number of aliphatic hydroxyl groups excluding tert-OH is 1. The van der Waals surface area contributed by atoms with Crippen LogP contribution in [0.25, 0.3) is 16.9 Å². The highest BCUT2D eigenvalue weighted by Crippen LogP contribution is 2.34. The van der Waals surface area contributed by atoms with Crippen molar-refractivity contribution in [2.45, 2.75) is 4.90 Å². The van der Waals surface area contributed by atoms with Crippen molar-refractivity contribution in [2.24, 2.45) is 0 Å². The van der Waals surface area contributed by atoms with Gasteiger partial charge in [0.05, 0.1) is 12.0 Å². The molecular formula is C22H18N2O5S. The van der Waals surface area contributed by atoms with Gasteiger partial charge in [-0.1, -0.05) is 30.3 Å². The lowest BCUT2D eigenvalue weighted by Crippen LogP contribution is -2.37. The normalized spacial score (nSPS) is 16.7. The third kappa shape index (κ3) is 3.11. The zero-order valence-corrected chi connectivity index (χ0v) is 17.1. The summed E-state index contributed by atoms with van der Waals surface area (Å²) < 4.78 is 31.6. The second kappa shape index (κ2) is 7.31. The number of Topliss-reactive ketones (excluding diaryl/α,β-unsaturated/α-hetero) is 1. The van der Waals surface area contributed by atoms with Crippen LogP contribution in [0.3, 0.4) is 0 Å². The van der Waals surface area contributed by atoms with E-state index < -0.39 is 21.6 Å². The maximum absolute atomic E-state index is 13.0. The van der Waals surface area contributed by atoms with E-state index in [1.807, 2.05) is 12.1 Å². The standard InChI is InChI=1S/C22H18N2O5S/c1-24-20(22(26)17-8-3-4-9-18(17)30(24,27)28)21(25)15-7-5-6-14(12-15)16-10-11-19(29-2)23-13-16/h3-13,25H,1-2H3. The molecule has 2 heterocycles. The van der Waals surface area contributed by atoms with Crippen LogP contribution in [0.1, 0.15) is 15.9 Å². The highest BCUT2D eigenvalue weighted by Gasteiger charge is 2.39. The lowest BCUT2D eigenvalue weighted by atomic mass is 10.0. The Morgan fingerprint density at radius 1 is 1.03 bits per heavy atom. The third-order valence-corrected chi connectivity index (χ3v) is 6.75. The summed E-state index contributed by atoms with van der Waals surface area (Å²) in [6.07, 6.45) is 1.63. The van der Waals surface area contributed by atoms with E-state index in [9.17, 15) is 18.3 Å². The number of allylic oxidation sites excluding steroid dienone is 1. The molecule has 0 aliphatic carbocycles. The minimum atomic E-state index is -3.96. The number of likely N-dealkylation sites (N-methyl/N-ethyl adjacent to an activating group) is 1. The number of carbonyl (C=O) groups is 1. The first kappa shape index (κ1) is 19.7. The van der Waals surface area contributed by atoms with Crippen molar-refractivity contribution in [3.8, 4) is 17.0 Å². The average molecular weight is 422 g/mol. The molecule has 1 N–H and O–H groups in total. The molecule has 0 spiro atoms. The Bertz CT molecular complexity index is 1280. The number of carbonyl (C=O) groups excluding carboxylic acids is 1. The van der Waals surface area contributed by atoms with Crippen LogP contribution in [0.4, 0.5) is 0 Å². The van der Waals surface area contributed by atoms with Gasteiger partial charge in [-0.15, -0.1) is 0 Å². The number of rotatable bonds is 3. The summed E-state index contributed by atoms with van der Waals surface area (Å²) >= 11 is 0. The first-order chi connectivity index (χ1) is 14.3. The van der Waals surface area contributed by atoms with Crippen LogP contribution < -0.4 is 4.74 Å². The van der Waals surface area contributed by atoms with E-state index in [4.69, 9.17) is 4.74 Å². The SMILES string of the molecule is COc1ccc(-c2cccc(C(O)=C3C(=O)c4ccccc4S(=O)(=O)N3C)c2)cn1. The van der Waals surface area contributed by atoms with E-state index in [0.29, 0.717) is 11.4 Å². The molecule has 0 radical (unpaired) electrons. The van der Waals surface area contributed by atoms with Crippen molar-refractivity contribution in [1.82, 2.24) is 9.29 Å². The molecule has 152 valence electrons. The predicted molar refractivity (Wildman–Crippen MR) is 111 cm³/mol. The van der Waals surface area contributed by atoms with E-state index in [0.717, 1.165) is 15.4 Å². The minimum absolute atomic E-state index is 0.0349. The molecule has 1 aliphatic heterocycles. The first-order valence-corrected chi connectivity index (χ1v) is 10.5. The van der Waals surface area contributed by atoms with E-state index >= 15 is 0 Å². The number of hydrogen-bond acceptors (Lipinski definition) is 6. The second-order valence-electron chi connectivity index (χ2n) is 6.67. The van der Waals surface area contributed by atoms with E-state index in [-0.39, 0.29) is 16.2 Å². The van der Waals surface area contributed by atoms with Gasteiger partial charge < -0.3 is 9.84 Å². The average Bonchev–Trinajstić information content (AvgIpc) is 2.78. The lowest BCUT2D eigenvalue weighted by Gasteiger charge is -2.28. The van der Waals surface area contributed by atoms with Crippen molar-refractivity contribution in [3.05, 3.63) is 83.7 Å². The number of benzene rings is 2. The summed E-state index contributed by atoms with van der Waals surface area (Å²) in [4.78, 5) is 17.1. The largest absolute Gasteiger partial charge is 0.505 e. The molecule has 4 rings (SSSR count). The van der Waals surface area contributed by atoms with Gasteiger partial charge in [0, 0.05) is 36.0 Å². The van der Waals surface area contributed by atoms with Gasteiger partial charge in [0.25, 0.3) is 10.0 Å². The molecule has 2 aromatic carbocycles. The van der Waals surface area contributed by atoms with Crippen LogP contribution in [0, 0.1) is 0 Å². The number of aliphatic hydroxyl groups is 1. The van der Waals surface area contributed by atoms with Gasteiger partial charge in [-0.3, -0.25) is 9.10 Å². The Kier molecular flexibility index (Phi) is 4.79. The van der Waals surface area contributed by atoms with Gasteiger partial charge in [-0.2, -0.15) is 0 Å². The summed E-state index contributed by atoms with van der Waals surface area (Å²) in [5.74, 6) is -0.501. The molecule has 0 bridgehead atoms. The van der Waals surface area contributed by atoms with Crippen LogP contribution in [-0.2, 0) is 10.0 Å². The molecule has 30 heavy (non-hydrogen) atoms. The van der Waals surface area contributed by atoms with Gasteiger partial charge in [0.1, 0.15) is 5.70 Å². The molecule has 0 fully saturated rings. The van der Waals surface area contributed by atoms with Crippen molar-refractivity contribution < 1.29 is 23.1 Å². The molecule has 0 amide bonds. The fourth-order valence-electron chi connectivity index (χ4n) is 3.33. The fraction of sp³-hybridized carbons (Fsp3) is 0.0909. The summed E-state index contributed by atoms with van der Waals surface area (Å²) in [5, 5.41) is 10.9. The zero-order chi connectivity index (χ0) is 21.5. The molecule has 0 unspecified atom stereocenters. The van der Waals surface area contributed by atoms with Crippen molar-refractivity contribution in [1.29, 1.82) is 0 Å². The smallest absolute Gasteiger partial charge is 0.265 e. The maximum atomic E-state index is 13.0. The van der Waals surface area contributed by atoms with Crippen LogP contribution >= 0.6 is 0 Å². The van der Waals surface area contributed by atoms with Crippen molar-refractivity contribution in [2.75, 3.05) is 14.2 Å². The van der Waals surface area contributed by atoms with Crippen molar-refractivity contribution >= 4 is 21.6 Å². The van der Waals surface area contributed by atoms with Crippen LogP contribution in [0.2, 0.25) is 0 Å². The highest BCUT2D eigenvalue weighted by atomic mass is 32.2. The number of aromatic nitrogens is 1. The fourth-order valence-corrected chi connectivity index (χ4v) is 4.72. The number of ketones is 1. The molecular weight excluding hydrogens is 404 g/mol. The maximum Gasteiger partial charge on any atom is 0.265 e. The van der Waals surface area contributed by atoms with Gasteiger partial charge >= 0.3 is 0 Å². The quantitative estimate of drug-likeness (QED) is 0.513. The van der Waals surface area contributed by atoms with E-state index in [1.165, 1.54) is 26.3 Å². The molecule has 1 aliphatic rings. The number of methoxy groups -OCH3 is 1. The van der Waals surface area contributed by atoms with Crippen LogP contribution in [-0.4, -0.2) is 42.8 Å². The topological polar surface area (TPSA) is 96.8 Å². The van der Waals surface area contributed by atoms with E-state index in [1.54, 1.807) is 42.6 Å². The number of nitrogens with zero attached hydrogens (tertiary/aromatic N) is 2. The number of sulfonamides is 1. The van der Waals surface area contributed by atoms with Crippen LogP contribution in [0.15, 0.2) is 77.5 Å². The number of hydrogen-bond donors (Lipinski definition) is 1. The first-order valence-electron chi connectivity index (χ1n) is 9.01. The Morgan fingerprint density at radius 2 is 1.80 bits per heavy atom. The predicted octanol–water partition coefficient (Wildman–Crippen LogP) is 3.50. The highest BCUT2D eigenvalue weighted by molar-refractivity contribution is 7.89. The number of pyridine rings is 1. The number of ether oxygens (including phenoxy) is 1. The third-order valence-electron chi connectivity index (χ3n) is 4.94. The van der Waals surface area contributed by atoms with Gasteiger partial charge in [0.2, 0.25) is 11.7 Å². The summed E-state index contributed by atoms with van der Waals surface area (Å²) in [6, 6.07) is 16.3. The summed E-state index contributed by atoms with van der Waals surface area (Å²) in [6.45, 7) is 0. The van der Waals surface area contributed by atoms with Crippen LogP contribution in [0.5, 0.6) is 5.88 Å². The second-order valence-corrected chi connectivity index (χ2v) is 8.60. The van der Waals surface area contributed by atoms with Gasteiger partial charge in [-0.05, 0) is 29.8 Å².